The van der Waals surface area contributed by atoms with Crippen molar-refractivity contribution in [3.8, 4) is 11.8 Å². The van der Waals surface area contributed by atoms with Gasteiger partial charge in [0.05, 0.1) is 0 Å². The third kappa shape index (κ3) is 11.6. The summed E-state index contributed by atoms with van der Waals surface area (Å²) < 4.78 is 0. The molecule has 0 saturated carbocycles. The Morgan fingerprint density at radius 1 is 0.846 bits per heavy atom. The van der Waals surface area contributed by atoms with Crippen molar-refractivity contribution in [3.63, 3.8) is 0 Å². The predicted molar refractivity (Wildman–Crippen MR) is 60.4 cm³/mol. The van der Waals surface area contributed by atoms with Crippen LogP contribution in [0.15, 0.2) is 0 Å². The first kappa shape index (κ1) is 12.6. The largest absolute Gasteiger partial charge is 0.103 e. The molecule has 0 nitrogen and oxygen atoms in total. The highest BCUT2D eigenvalue weighted by molar-refractivity contribution is 4.98. The number of rotatable bonds is 7. The van der Waals surface area contributed by atoms with Crippen molar-refractivity contribution in [2.75, 3.05) is 0 Å². The zero-order chi connectivity index (χ0) is 9.78. The lowest BCUT2D eigenvalue weighted by atomic mass is 10.1. The molecule has 0 aliphatic carbocycles. The van der Waals surface area contributed by atoms with Gasteiger partial charge in [-0.2, -0.15) is 0 Å². The summed E-state index contributed by atoms with van der Waals surface area (Å²) in [5, 5.41) is 0. The minimum absolute atomic E-state index is 1.07. The topological polar surface area (TPSA) is 0 Å². The maximum absolute atomic E-state index is 3.83. The van der Waals surface area contributed by atoms with Gasteiger partial charge in [0.2, 0.25) is 0 Å². The molecule has 0 spiro atoms. The van der Waals surface area contributed by atoms with Crippen molar-refractivity contribution in [2.24, 2.45) is 0 Å². The molecular formula is C13H23. The Morgan fingerprint density at radius 3 is 2.15 bits per heavy atom. The van der Waals surface area contributed by atoms with E-state index in [0.29, 0.717) is 0 Å². The molecule has 0 heteroatoms. The van der Waals surface area contributed by atoms with E-state index in [1.807, 2.05) is 0 Å². The molecule has 0 atom stereocenters. The second-order valence-electron chi connectivity index (χ2n) is 3.47. The van der Waals surface area contributed by atoms with E-state index in [0.717, 1.165) is 19.3 Å². The lowest BCUT2D eigenvalue weighted by Gasteiger charge is -1.96. The highest BCUT2D eigenvalue weighted by Crippen LogP contribution is 2.05. The van der Waals surface area contributed by atoms with E-state index in [2.05, 4.69) is 25.7 Å². The summed E-state index contributed by atoms with van der Waals surface area (Å²) in [4.78, 5) is 0. The van der Waals surface area contributed by atoms with Crippen LogP contribution in [0.5, 0.6) is 0 Å². The normalized spacial score (nSPS) is 9.38. The van der Waals surface area contributed by atoms with Gasteiger partial charge in [-0.25, -0.2) is 0 Å². The minimum atomic E-state index is 1.07. The Morgan fingerprint density at radius 2 is 1.46 bits per heavy atom. The highest BCUT2D eigenvalue weighted by atomic mass is 13.9. The van der Waals surface area contributed by atoms with Gasteiger partial charge in [-0.15, -0.1) is 11.8 Å². The molecule has 0 rings (SSSR count). The van der Waals surface area contributed by atoms with Crippen LogP contribution in [-0.2, 0) is 0 Å². The van der Waals surface area contributed by atoms with Gasteiger partial charge >= 0.3 is 0 Å². The second-order valence-corrected chi connectivity index (χ2v) is 3.47. The molecule has 0 fully saturated rings. The van der Waals surface area contributed by atoms with Crippen molar-refractivity contribution in [1.82, 2.24) is 0 Å². The summed E-state index contributed by atoms with van der Waals surface area (Å²) in [5.74, 6) is 6.39. The van der Waals surface area contributed by atoms with Gasteiger partial charge < -0.3 is 0 Å². The molecule has 0 bridgehead atoms. The maximum atomic E-state index is 3.83. The molecule has 0 aliphatic rings. The first-order valence-corrected chi connectivity index (χ1v) is 5.66. The van der Waals surface area contributed by atoms with Gasteiger partial charge in [-0.3, -0.25) is 0 Å². The van der Waals surface area contributed by atoms with Gasteiger partial charge in [-0.1, -0.05) is 46.0 Å². The minimum Gasteiger partial charge on any atom is -0.103 e. The van der Waals surface area contributed by atoms with Crippen LogP contribution in [0.3, 0.4) is 0 Å². The van der Waals surface area contributed by atoms with E-state index < -0.39 is 0 Å². The molecule has 0 aromatic rings. The number of hydrogen-bond acceptors (Lipinski definition) is 0. The van der Waals surface area contributed by atoms with E-state index >= 15 is 0 Å². The van der Waals surface area contributed by atoms with Crippen molar-refractivity contribution in [1.29, 1.82) is 0 Å². The summed E-state index contributed by atoms with van der Waals surface area (Å²) in [6, 6.07) is 0. The van der Waals surface area contributed by atoms with Crippen LogP contribution in [-0.4, -0.2) is 0 Å². The standard InChI is InChI=1S/C13H23/c1-3-5-7-9-11-13-12-10-8-6-4-2/h1,3-7,9,11-13H2,2H3. The SMILES string of the molecule is [CH2]CCCCCCCC#CCCC. The summed E-state index contributed by atoms with van der Waals surface area (Å²) in [7, 11) is 0. The van der Waals surface area contributed by atoms with E-state index in [1.165, 1.54) is 38.5 Å². The maximum Gasteiger partial charge on any atom is 0.00886 e. The van der Waals surface area contributed by atoms with Crippen LogP contribution < -0.4 is 0 Å². The third-order valence-electron chi connectivity index (χ3n) is 2.05. The molecular weight excluding hydrogens is 156 g/mol. The lowest BCUT2D eigenvalue weighted by molar-refractivity contribution is 0.624. The van der Waals surface area contributed by atoms with E-state index in [9.17, 15) is 0 Å². The van der Waals surface area contributed by atoms with E-state index in [1.54, 1.807) is 0 Å². The third-order valence-corrected chi connectivity index (χ3v) is 2.05. The summed E-state index contributed by atoms with van der Waals surface area (Å²) >= 11 is 0. The summed E-state index contributed by atoms with van der Waals surface area (Å²) in [6.07, 6.45) is 11.1. The van der Waals surface area contributed by atoms with Crippen LogP contribution in [0.4, 0.5) is 0 Å². The van der Waals surface area contributed by atoms with Gasteiger partial charge in [0.25, 0.3) is 0 Å². The lowest BCUT2D eigenvalue weighted by Crippen LogP contribution is -1.77. The predicted octanol–water partition coefficient (Wildman–Crippen LogP) is 4.35. The molecule has 0 aromatic carbocycles. The van der Waals surface area contributed by atoms with Crippen molar-refractivity contribution < 1.29 is 0 Å². The van der Waals surface area contributed by atoms with Crippen molar-refractivity contribution >= 4 is 0 Å². The fourth-order valence-electron chi connectivity index (χ4n) is 1.22. The Labute approximate surface area is 84.1 Å². The quantitative estimate of drug-likeness (QED) is 0.402. The Bertz CT molecular complexity index is 136. The van der Waals surface area contributed by atoms with Crippen LogP contribution in [0, 0.1) is 18.8 Å². The Balaban J connectivity index is 2.96. The van der Waals surface area contributed by atoms with Crippen LogP contribution >= 0.6 is 0 Å². The van der Waals surface area contributed by atoms with Gasteiger partial charge in [-0.05, 0) is 12.8 Å². The molecule has 0 aromatic heterocycles. The molecule has 0 saturated heterocycles. The highest BCUT2D eigenvalue weighted by Gasteiger charge is 1.87. The van der Waals surface area contributed by atoms with Crippen molar-refractivity contribution in [3.05, 3.63) is 6.92 Å². The van der Waals surface area contributed by atoms with Gasteiger partial charge in [0, 0.05) is 12.8 Å². The molecule has 75 valence electrons. The summed E-state index contributed by atoms with van der Waals surface area (Å²) in [5.41, 5.74) is 0. The second kappa shape index (κ2) is 11.6. The molecule has 0 N–H and O–H groups in total. The Hall–Kier alpha value is -0.440. The zero-order valence-electron chi connectivity index (χ0n) is 9.07. The fourth-order valence-corrected chi connectivity index (χ4v) is 1.22. The zero-order valence-corrected chi connectivity index (χ0v) is 9.07. The van der Waals surface area contributed by atoms with Crippen LogP contribution in [0.2, 0.25) is 0 Å². The van der Waals surface area contributed by atoms with E-state index in [-0.39, 0.29) is 0 Å². The molecule has 1 radical (unpaired) electrons. The molecule has 0 aliphatic heterocycles. The summed E-state index contributed by atoms with van der Waals surface area (Å²) in [6.45, 7) is 6.01. The molecule has 0 amide bonds. The monoisotopic (exact) mass is 179 g/mol. The van der Waals surface area contributed by atoms with Gasteiger partial charge in [0.15, 0.2) is 0 Å². The molecule has 0 unspecified atom stereocenters. The van der Waals surface area contributed by atoms with Crippen LogP contribution in [0.1, 0.15) is 64.7 Å². The number of hydrogen-bond donors (Lipinski definition) is 0. The smallest absolute Gasteiger partial charge is 0.00886 e. The fraction of sp³-hybridized carbons (Fsp3) is 0.769. The average molecular weight is 179 g/mol. The molecule has 0 heterocycles. The first-order valence-electron chi connectivity index (χ1n) is 5.66. The Kier molecular flexibility index (Phi) is 11.2. The van der Waals surface area contributed by atoms with Crippen molar-refractivity contribution in [2.45, 2.75) is 64.7 Å². The number of unbranched alkanes of at least 4 members (excludes halogenated alkanes) is 7. The van der Waals surface area contributed by atoms with Gasteiger partial charge in [0.1, 0.15) is 0 Å². The first-order chi connectivity index (χ1) is 6.41. The molecule has 13 heavy (non-hydrogen) atoms. The van der Waals surface area contributed by atoms with Crippen LogP contribution in [0.25, 0.3) is 0 Å². The average Bonchev–Trinajstić information content (AvgIpc) is 2.16. The van der Waals surface area contributed by atoms with E-state index in [4.69, 9.17) is 0 Å².